The maximum Gasteiger partial charge on any atom is 0.331 e. The molecule has 0 aliphatic carbocycles. The van der Waals surface area contributed by atoms with Crippen LogP contribution in [0.5, 0.6) is 11.5 Å². The number of aliphatic carboxylic acids is 1. The van der Waals surface area contributed by atoms with E-state index in [1.807, 2.05) is 0 Å². The minimum absolute atomic E-state index is 0.0562. The molecule has 3 N–H and O–H groups in total. The average Bonchev–Trinajstić information content (AvgIpc) is 2.72. The Hall–Kier alpha value is -3.46. The van der Waals surface area contributed by atoms with Crippen molar-refractivity contribution in [1.82, 2.24) is 0 Å². The number of anilines is 2. The van der Waals surface area contributed by atoms with E-state index in [9.17, 15) is 14.4 Å². The standard InChI is InChI=1S/C21H22N2O6S/c1-13(21(26)27)8-19(24)22-14-4-6-18(7-5-14)30-12-20(25)23-15-9-16(28-2)11-17(10-15)29-3/h4-11H,12H2,1-3H3,(H,22,24)(H,23,25)(H,26,27)/b13-8+. The number of hydrogen-bond acceptors (Lipinski definition) is 6. The van der Waals surface area contributed by atoms with Crippen molar-refractivity contribution in [3.63, 3.8) is 0 Å². The van der Waals surface area contributed by atoms with E-state index in [0.717, 1.165) is 11.0 Å². The Balaban J connectivity index is 1.89. The van der Waals surface area contributed by atoms with Gasteiger partial charge in [0.15, 0.2) is 0 Å². The normalized spacial score (nSPS) is 10.8. The van der Waals surface area contributed by atoms with Crippen molar-refractivity contribution in [3.05, 3.63) is 54.1 Å². The number of benzene rings is 2. The van der Waals surface area contributed by atoms with Crippen LogP contribution in [0.2, 0.25) is 0 Å². The summed E-state index contributed by atoms with van der Waals surface area (Å²) in [5.41, 5.74) is 1.03. The molecule has 9 heteroatoms. The molecule has 0 heterocycles. The summed E-state index contributed by atoms with van der Waals surface area (Å²) in [5, 5.41) is 14.2. The van der Waals surface area contributed by atoms with Gasteiger partial charge < -0.3 is 25.2 Å². The highest BCUT2D eigenvalue weighted by molar-refractivity contribution is 8.00. The molecule has 0 spiro atoms. The fraction of sp³-hybridized carbons (Fsp3) is 0.190. The maximum atomic E-state index is 12.2. The van der Waals surface area contributed by atoms with Crippen molar-refractivity contribution in [2.45, 2.75) is 11.8 Å². The molecule has 2 rings (SSSR count). The summed E-state index contributed by atoms with van der Waals surface area (Å²) < 4.78 is 10.4. The Morgan fingerprint density at radius 2 is 1.57 bits per heavy atom. The maximum absolute atomic E-state index is 12.2. The van der Waals surface area contributed by atoms with Crippen molar-refractivity contribution >= 4 is 40.9 Å². The van der Waals surface area contributed by atoms with Gasteiger partial charge in [-0.3, -0.25) is 9.59 Å². The molecular weight excluding hydrogens is 408 g/mol. The van der Waals surface area contributed by atoms with E-state index < -0.39 is 11.9 Å². The number of thioether (sulfide) groups is 1. The summed E-state index contributed by atoms with van der Waals surface area (Å²) >= 11 is 1.33. The summed E-state index contributed by atoms with van der Waals surface area (Å²) in [6.45, 7) is 1.34. The third-order valence-corrected chi connectivity index (χ3v) is 4.82. The molecule has 0 radical (unpaired) electrons. The molecule has 0 aromatic heterocycles. The molecule has 30 heavy (non-hydrogen) atoms. The monoisotopic (exact) mass is 430 g/mol. The number of carboxylic acid groups (broad SMARTS) is 1. The number of rotatable bonds is 9. The summed E-state index contributed by atoms with van der Waals surface area (Å²) in [6.07, 6.45) is 1.02. The van der Waals surface area contributed by atoms with Crippen LogP contribution in [0.4, 0.5) is 11.4 Å². The predicted molar refractivity (Wildman–Crippen MR) is 115 cm³/mol. The highest BCUT2D eigenvalue weighted by Gasteiger charge is 2.08. The van der Waals surface area contributed by atoms with E-state index >= 15 is 0 Å². The van der Waals surface area contributed by atoms with Gasteiger partial charge in [0.25, 0.3) is 0 Å². The topological polar surface area (TPSA) is 114 Å². The number of carbonyl (C=O) groups excluding carboxylic acids is 2. The molecule has 0 aliphatic heterocycles. The number of amides is 2. The third-order valence-electron chi connectivity index (χ3n) is 3.81. The van der Waals surface area contributed by atoms with Crippen molar-refractivity contribution in [2.75, 3.05) is 30.6 Å². The van der Waals surface area contributed by atoms with Gasteiger partial charge in [-0.15, -0.1) is 11.8 Å². The molecule has 0 unspecified atom stereocenters. The van der Waals surface area contributed by atoms with Crippen LogP contribution in [0.25, 0.3) is 0 Å². The van der Waals surface area contributed by atoms with Gasteiger partial charge in [0.1, 0.15) is 11.5 Å². The average molecular weight is 430 g/mol. The van der Waals surface area contributed by atoms with Gasteiger partial charge >= 0.3 is 5.97 Å². The molecule has 0 bridgehead atoms. The number of ether oxygens (including phenoxy) is 2. The molecular formula is C21H22N2O6S. The van der Waals surface area contributed by atoms with E-state index in [2.05, 4.69) is 10.6 Å². The fourth-order valence-corrected chi connectivity index (χ4v) is 3.00. The number of nitrogens with one attached hydrogen (secondary N) is 2. The first-order valence-electron chi connectivity index (χ1n) is 8.79. The first-order chi connectivity index (χ1) is 14.3. The Labute approximate surface area is 178 Å². The van der Waals surface area contributed by atoms with E-state index in [0.29, 0.717) is 22.9 Å². The molecule has 8 nitrogen and oxygen atoms in total. The zero-order valence-electron chi connectivity index (χ0n) is 16.7. The van der Waals surface area contributed by atoms with Gasteiger partial charge in [-0.2, -0.15) is 0 Å². The number of methoxy groups -OCH3 is 2. The highest BCUT2D eigenvalue weighted by atomic mass is 32.2. The number of carboxylic acids is 1. The van der Waals surface area contributed by atoms with Crippen LogP contribution in [-0.2, 0) is 14.4 Å². The molecule has 2 aromatic carbocycles. The lowest BCUT2D eigenvalue weighted by molar-refractivity contribution is -0.132. The van der Waals surface area contributed by atoms with Crippen LogP contribution >= 0.6 is 11.8 Å². The van der Waals surface area contributed by atoms with Crippen LogP contribution in [0.3, 0.4) is 0 Å². The van der Waals surface area contributed by atoms with Gasteiger partial charge in [-0.1, -0.05) is 0 Å². The third kappa shape index (κ3) is 7.17. The zero-order chi connectivity index (χ0) is 22.1. The van der Waals surface area contributed by atoms with Crippen molar-refractivity contribution in [2.24, 2.45) is 0 Å². The molecule has 0 saturated heterocycles. The molecule has 0 aliphatic rings. The minimum atomic E-state index is -1.15. The second-order valence-electron chi connectivity index (χ2n) is 6.08. The fourth-order valence-electron chi connectivity index (χ4n) is 2.30. The quantitative estimate of drug-likeness (QED) is 0.413. The Bertz CT molecular complexity index is 934. The summed E-state index contributed by atoms with van der Waals surface area (Å²) in [7, 11) is 3.07. The lowest BCUT2D eigenvalue weighted by atomic mass is 10.2. The Kier molecular flexibility index (Phi) is 8.30. The molecule has 0 fully saturated rings. The van der Waals surface area contributed by atoms with E-state index in [1.165, 1.54) is 32.9 Å². The van der Waals surface area contributed by atoms with Gasteiger partial charge in [0.05, 0.1) is 20.0 Å². The lowest BCUT2D eigenvalue weighted by Crippen LogP contribution is -2.14. The first-order valence-corrected chi connectivity index (χ1v) is 9.77. The summed E-state index contributed by atoms with van der Waals surface area (Å²) in [5.74, 6) is -0.536. The largest absolute Gasteiger partial charge is 0.497 e. The van der Waals surface area contributed by atoms with Gasteiger partial charge in [-0.25, -0.2) is 4.79 Å². The van der Waals surface area contributed by atoms with Gasteiger partial charge in [0.2, 0.25) is 11.8 Å². The van der Waals surface area contributed by atoms with Crippen molar-refractivity contribution < 1.29 is 29.0 Å². The molecule has 2 aromatic rings. The second kappa shape index (κ2) is 10.9. The predicted octanol–water partition coefficient (Wildman–Crippen LogP) is 3.40. The van der Waals surface area contributed by atoms with Crippen molar-refractivity contribution in [1.29, 1.82) is 0 Å². The van der Waals surface area contributed by atoms with E-state index in [4.69, 9.17) is 14.6 Å². The highest BCUT2D eigenvalue weighted by Crippen LogP contribution is 2.26. The van der Waals surface area contributed by atoms with Gasteiger partial charge in [0, 0.05) is 46.1 Å². The summed E-state index contributed by atoms with van der Waals surface area (Å²) in [6, 6.07) is 12.0. The Morgan fingerprint density at radius 1 is 0.967 bits per heavy atom. The lowest BCUT2D eigenvalue weighted by Gasteiger charge is -2.10. The number of carbonyl (C=O) groups is 3. The van der Waals surface area contributed by atoms with Crippen LogP contribution in [0, 0.1) is 0 Å². The molecule has 0 atom stereocenters. The zero-order valence-corrected chi connectivity index (χ0v) is 17.5. The van der Waals surface area contributed by atoms with Crippen LogP contribution < -0.4 is 20.1 Å². The molecule has 0 saturated carbocycles. The van der Waals surface area contributed by atoms with E-state index in [1.54, 1.807) is 42.5 Å². The Morgan fingerprint density at radius 3 is 2.10 bits per heavy atom. The molecule has 158 valence electrons. The first kappa shape index (κ1) is 22.8. The van der Waals surface area contributed by atoms with E-state index in [-0.39, 0.29) is 17.2 Å². The SMILES string of the molecule is COc1cc(NC(=O)CSc2ccc(NC(=O)/C=C(\C)C(=O)O)cc2)cc(OC)c1. The smallest absolute Gasteiger partial charge is 0.331 e. The second-order valence-corrected chi connectivity index (χ2v) is 7.13. The van der Waals surface area contributed by atoms with Crippen molar-refractivity contribution in [3.8, 4) is 11.5 Å². The minimum Gasteiger partial charge on any atom is -0.497 e. The molecule has 2 amide bonds. The van der Waals surface area contributed by atoms with Crippen LogP contribution in [0.1, 0.15) is 6.92 Å². The number of hydrogen-bond donors (Lipinski definition) is 3. The van der Waals surface area contributed by atoms with Gasteiger partial charge in [-0.05, 0) is 31.2 Å². The van der Waals surface area contributed by atoms with Crippen LogP contribution in [-0.4, -0.2) is 42.9 Å². The summed E-state index contributed by atoms with van der Waals surface area (Å²) in [4.78, 5) is 35.6. The van der Waals surface area contributed by atoms with Crippen LogP contribution in [0.15, 0.2) is 59.0 Å².